The van der Waals surface area contributed by atoms with Gasteiger partial charge in [-0.2, -0.15) is 8.42 Å². The molecule has 0 spiro atoms. The van der Waals surface area contributed by atoms with E-state index in [1.807, 2.05) is 6.07 Å². The number of nitro benzene ring substituents is 1. The summed E-state index contributed by atoms with van der Waals surface area (Å²) < 4.78 is 36.3. The molecule has 0 aliphatic heterocycles. The van der Waals surface area contributed by atoms with Gasteiger partial charge in [0, 0.05) is 12.1 Å². The standard InChI is InChI=1S/C23H17NO7S/c1-14-10-20(24(26)27)22(11-15(14)2)32(28,29)31-17-8-9-18-21(12-17)30-13-19(23(18)25)16-6-4-3-5-7-16/h3-13H,1-2H3. The van der Waals surface area contributed by atoms with Crippen molar-refractivity contribution >= 4 is 26.8 Å². The molecule has 8 nitrogen and oxygen atoms in total. The lowest BCUT2D eigenvalue weighted by Crippen LogP contribution is -2.13. The minimum absolute atomic E-state index is 0.122. The molecule has 162 valence electrons. The summed E-state index contributed by atoms with van der Waals surface area (Å²) in [5, 5.41) is 11.6. The number of nitrogens with zero attached hydrogens (tertiary/aromatic N) is 1. The van der Waals surface area contributed by atoms with Gasteiger partial charge in [0.2, 0.25) is 0 Å². The van der Waals surface area contributed by atoms with Gasteiger partial charge in [0.05, 0.1) is 15.9 Å². The van der Waals surface area contributed by atoms with E-state index in [2.05, 4.69) is 0 Å². The smallest absolute Gasteiger partial charge is 0.346 e. The molecular weight excluding hydrogens is 434 g/mol. The van der Waals surface area contributed by atoms with Gasteiger partial charge in [0.15, 0.2) is 10.3 Å². The number of hydrogen-bond donors (Lipinski definition) is 0. The van der Waals surface area contributed by atoms with Gasteiger partial charge in [-0.3, -0.25) is 14.9 Å². The monoisotopic (exact) mass is 451 g/mol. The van der Waals surface area contributed by atoms with Crippen LogP contribution < -0.4 is 9.61 Å². The second kappa shape index (κ2) is 7.93. The molecule has 0 saturated heterocycles. The van der Waals surface area contributed by atoms with Gasteiger partial charge in [-0.15, -0.1) is 0 Å². The summed E-state index contributed by atoms with van der Waals surface area (Å²) in [4.78, 5) is 22.9. The van der Waals surface area contributed by atoms with Crippen LogP contribution in [0, 0.1) is 24.0 Å². The Kier molecular flexibility index (Phi) is 5.27. The molecule has 3 aromatic carbocycles. The van der Waals surface area contributed by atoms with E-state index in [9.17, 15) is 23.3 Å². The second-order valence-corrected chi connectivity index (χ2v) is 8.72. The predicted octanol–water partition coefficient (Wildman–Crippen LogP) is 4.75. The lowest BCUT2D eigenvalue weighted by Gasteiger charge is -2.10. The first-order valence-electron chi connectivity index (χ1n) is 9.48. The number of aryl methyl sites for hydroxylation is 2. The largest absolute Gasteiger partial charge is 0.463 e. The van der Waals surface area contributed by atoms with Crippen LogP contribution in [0.15, 0.2) is 81.0 Å². The van der Waals surface area contributed by atoms with Gasteiger partial charge in [-0.05, 0) is 48.7 Å². The van der Waals surface area contributed by atoms with Crippen LogP contribution in [0.4, 0.5) is 5.69 Å². The molecule has 9 heteroatoms. The summed E-state index contributed by atoms with van der Waals surface area (Å²) in [6.45, 7) is 3.29. The molecule has 1 aromatic heterocycles. The average Bonchev–Trinajstić information content (AvgIpc) is 2.75. The maximum atomic E-state index is 12.8. The van der Waals surface area contributed by atoms with E-state index in [-0.39, 0.29) is 22.1 Å². The maximum Gasteiger partial charge on any atom is 0.346 e. The highest BCUT2D eigenvalue weighted by Crippen LogP contribution is 2.31. The number of benzene rings is 3. The fourth-order valence-electron chi connectivity index (χ4n) is 3.27. The van der Waals surface area contributed by atoms with Gasteiger partial charge in [0.1, 0.15) is 17.6 Å². The molecule has 0 atom stereocenters. The Hall–Kier alpha value is -3.98. The van der Waals surface area contributed by atoms with Crippen LogP contribution in [-0.2, 0) is 10.1 Å². The Morgan fingerprint density at radius 2 is 1.66 bits per heavy atom. The Bertz CT molecular complexity index is 1520. The third kappa shape index (κ3) is 3.85. The first-order chi connectivity index (χ1) is 15.2. The zero-order valence-corrected chi connectivity index (χ0v) is 17.9. The fraction of sp³-hybridized carbons (Fsp3) is 0.0870. The van der Waals surface area contributed by atoms with Gasteiger partial charge in [-0.25, -0.2) is 0 Å². The number of hydrogen-bond acceptors (Lipinski definition) is 7. The SMILES string of the molecule is Cc1cc([N+](=O)[O-])c(S(=O)(=O)Oc2ccc3c(=O)c(-c4ccccc4)coc3c2)cc1C. The highest BCUT2D eigenvalue weighted by molar-refractivity contribution is 7.87. The van der Waals surface area contributed by atoms with Crippen LogP contribution in [0.25, 0.3) is 22.1 Å². The third-order valence-electron chi connectivity index (χ3n) is 5.08. The average molecular weight is 451 g/mol. The summed E-state index contributed by atoms with van der Waals surface area (Å²) in [5.74, 6) is -0.138. The molecule has 0 unspecified atom stereocenters. The molecule has 32 heavy (non-hydrogen) atoms. The Morgan fingerprint density at radius 1 is 0.969 bits per heavy atom. The molecule has 0 N–H and O–H groups in total. The fourth-order valence-corrected chi connectivity index (χ4v) is 4.42. The molecule has 0 radical (unpaired) electrons. The first kappa shape index (κ1) is 21.3. The molecule has 0 fully saturated rings. The topological polar surface area (TPSA) is 117 Å². The molecule has 1 heterocycles. The summed E-state index contributed by atoms with van der Waals surface area (Å²) in [6, 6.07) is 15.3. The molecular formula is C23H17NO7S. The number of rotatable bonds is 5. The van der Waals surface area contributed by atoms with E-state index < -0.39 is 25.6 Å². The molecule has 0 amide bonds. The van der Waals surface area contributed by atoms with Crippen molar-refractivity contribution in [3.8, 4) is 16.9 Å². The van der Waals surface area contributed by atoms with Crippen LogP contribution in [0.5, 0.6) is 5.75 Å². The van der Waals surface area contributed by atoms with Gasteiger partial charge < -0.3 is 8.60 Å². The summed E-state index contributed by atoms with van der Waals surface area (Å²) in [6.07, 6.45) is 1.30. The van der Waals surface area contributed by atoms with Gasteiger partial charge in [-0.1, -0.05) is 30.3 Å². The molecule has 0 bridgehead atoms. The molecule has 0 aliphatic rings. The van der Waals surface area contributed by atoms with Crippen molar-refractivity contribution in [2.75, 3.05) is 0 Å². The maximum absolute atomic E-state index is 12.8. The minimum Gasteiger partial charge on any atom is -0.463 e. The van der Waals surface area contributed by atoms with Crippen molar-refractivity contribution in [2.24, 2.45) is 0 Å². The summed E-state index contributed by atoms with van der Waals surface area (Å²) >= 11 is 0. The van der Waals surface area contributed by atoms with Crippen molar-refractivity contribution in [2.45, 2.75) is 18.7 Å². The van der Waals surface area contributed by atoms with E-state index in [1.54, 1.807) is 38.1 Å². The van der Waals surface area contributed by atoms with Crippen LogP contribution in [-0.4, -0.2) is 13.3 Å². The highest BCUT2D eigenvalue weighted by atomic mass is 32.2. The zero-order chi connectivity index (χ0) is 23.0. The van der Waals surface area contributed by atoms with Crippen LogP contribution in [0.3, 0.4) is 0 Å². The van der Waals surface area contributed by atoms with E-state index >= 15 is 0 Å². The van der Waals surface area contributed by atoms with E-state index in [4.69, 9.17) is 8.60 Å². The Labute approximate surface area is 183 Å². The highest BCUT2D eigenvalue weighted by Gasteiger charge is 2.29. The number of nitro groups is 1. The summed E-state index contributed by atoms with van der Waals surface area (Å²) in [5.41, 5.74) is 1.47. The van der Waals surface area contributed by atoms with E-state index in [0.29, 0.717) is 22.3 Å². The van der Waals surface area contributed by atoms with Crippen LogP contribution >= 0.6 is 0 Å². The van der Waals surface area contributed by atoms with Crippen molar-refractivity contribution in [3.05, 3.63) is 98.4 Å². The van der Waals surface area contributed by atoms with Crippen molar-refractivity contribution in [1.82, 2.24) is 0 Å². The third-order valence-corrected chi connectivity index (χ3v) is 6.36. The Morgan fingerprint density at radius 3 is 2.34 bits per heavy atom. The van der Waals surface area contributed by atoms with Crippen molar-refractivity contribution in [1.29, 1.82) is 0 Å². The lowest BCUT2D eigenvalue weighted by molar-refractivity contribution is -0.387. The lowest BCUT2D eigenvalue weighted by atomic mass is 10.1. The second-order valence-electron chi connectivity index (χ2n) is 7.20. The van der Waals surface area contributed by atoms with E-state index in [0.717, 1.165) is 0 Å². The predicted molar refractivity (Wildman–Crippen MR) is 118 cm³/mol. The normalized spacial score (nSPS) is 11.4. The minimum atomic E-state index is -4.52. The summed E-state index contributed by atoms with van der Waals surface area (Å²) in [7, 11) is -4.52. The zero-order valence-electron chi connectivity index (χ0n) is 17.1. The molecule has 0 aliphatic carbocycles. The van der Waals surface area contributed by atoms with Crippen LogP contribution in [0.2, 0.25) is 0 Å². The van der Waals surface area contributed by atoms with Crippen molar-refractivity contribution < 1.29 is 21.9 Å². The molecule has 0 saturated carbocycles. The molecule has 4 rings (SSSR count). The quantitative estimate of drug-likeness (QED) is 0.244. The first-order valence-corrected chi connectivity index (χ1v) is 10.9. The Balaban J connectivity index is 1.75. The van der Waals surface area contributed by atoms with Gasteiger partial charge >= 0.3 is 10.1 Å². The molecule has 4 aromatic rings. The van der Waals surface area contributed by atoms with Gasteiger partial charge in [0.25, 0.3) is 5.69 Å². The van der Waals surface area contributed by atoms with Crippen molar-refractivity contribution in [3.63, 3.8) is 0 Å². The number of fused-ring (bicyclic) bond motifs is 1. The van der Waals surface area contributed by atoms with E-state index in [1.165, 1.54) is 36.6 Å². The van der Waals surface area contributed by atoms with Crippen LogP contribution in [0.1, 0.15) is 11.1 Å².